The Kier molecular flexibility index (Phi) is 3.00. The van der Waals surface area contributed by atoms with Crippen LogP contribution in [0.1, 0.15) is 10.4 Å². The molecule has 58 valence electrons. The summed E-state index contributed by atoms with van der Waals surface area (Å²) < 4.78 is 13.7. The van der Waals surface area contributed by atoms with E-state index in [1.54, 1.807) is 0 Å². The lowest BCUT2D eigenvalue weighted by Crippen LogP contribution is -1.88. The summed E-state index contributed by atoms with van der Waals surface area (Å²) in [6.07, 6.45) is 0.700. The minimum Gasteiger partial charge on any atom is -0.298 e. The van der Waals surface area contributed by atoms with E-state index in [4.69, 9.17) is 0 Å². The van der Waals surface area contributed by atoms with Crippen LogP contribution in [-0.4, -0.2) is 6.29 Å². The largest absolute Gasteiger partial charge is 0.298 e. The van der Waals surface area contributed by atoms with Crippen LogP contribution in [0.3, 0.4) is 0 Å². The molecule has 1 rings (SSSR count). The summed E-state index contributed by atoms with van der Waals surface area (Å²) in [7, 11) is 0. The number of carbonyl (C=O) groups is 1. The molecule has 0 heterocycles. The van der Waals surface area contributed by atoms with Crippen molar-refractivity contribution < 1.29 is 9.18 Å². The second kappa shape index (κ2) is 3.62. The molecule has 0 atom stereocenters. The van der Waals surface area contributed by atoms with E-state index in [0.717, 1.165) is 0 Å². The zero-order valence-electron chi connectivity index (χ0n) is 5.27. The van der Waals surface area contributed by atoms with Gasteiger partial charge in [0.25, 0.3) is 0 Å². The first kappa shape index (κ1) is 9.12. The molecular formula is C7H3BrFIO. The quantitative estimate of drug-likeness (QED) is 0.440. The highest BCUT2D eigenvalue weighted by molar-refractivity contribution is 14.1. The molecule has 0 spiro atoms. The van der Waals surface area contributed by atoms with Crippen molar-refractivity contribution in [3.8, 4) is 0 Å². The van der Waals surface area contributed by atoms with Crippen LogP contribution in [0.25, 0.3) is 0 Å². The second-order valence-electron chi connectivity index (χ2n) is 1.91. The lowest BCUT2D eigenvalue weighted by Gasteiger charge is -1.97. The molecule has 0 unspecified atom stereocenters. The summed E-state index contributed by atoms with van der Waals surface area (Å²) in [5.41, 5.74) is 0.499. The molecule has 1 aromatic carbocycles. The second-order valence-corrected chi connectivity index (χ2v) is 3.92. The van der Waals surface area contributed by atoms with Crippen LogP contribution in [0, 0.1) is 9.39 Å². The van der Waals surface area contributed by atoms with Crippen LogP contribution >= 0.6 is 38.5 Å². The Morgan fingerprint density at radius 3 is 2.73 bits per heavy atom. The molecule has 0 aliphatic heterocycles. The molecule has 4 heteroatoms. The summed E-state index contributed by atoms with van der Waals surface area (Å²) in [5, 5.41) is 0. The average Bonchev–Trinajstić information content (AvgIpc) is 1.97. The topological polar surface area (TPSA) is 17.1 Å². The number of carbonyl (C=O) groups excluding carboxylic acids is 1. The molecule has 0 bridgehead atoms. The van der Waals surface area contributed by atoms with Crippen molar-refractivity contribution in [2.45, 2.75) is 0 Å². The molecule has 11 heavy (non-hydrogen) atoms. The van der Waals surface area contributed by atoms with Crippen LogP contribution in [0.5, 0.6) is 0 Å². The molecule has 0 amide bonds. The molecular weight excluding hydrogens is 326 g/mol. The van der Waals surface area contributed by atoms with Crippen molar-refractivity contribution >= 4 is 44.8 Å². The van der Waals surface area contributed by atoms with Crippen molar-refractivity contribution in [3.05, 3.63) is 31.6 Å². The fraction of sp³-hybridized carbons (Fsp3) is 0. The average molecular weight is 329 g/mol. The van der Waals surface area contributed by atoms with Crippen molar-refractivity contribution in [2.24, 2.45) is 0 Å². The third-order valence-corrected chi connectivity index (χ3v) is 2.71. The van der Waals surface area contributed by atoms with Gasteiger partial charge in [0.2, 0.25) is 0 Å². The van der Waals surface area contributed by atoms with Gasteiger partial charge in [-0.05, 0) is 50.7 Å². The highest BCUT2D eigenvalue weighted by Crippen LogP contribution is 2.20. The van der Waals surface area contributed by atoms with Crippen molar-refractivity contribution in [2.75, 3.05) is 0 Å². The van der Waals surface area contributed by atoms with Crippen LogP contribution in [0.2, 0.25) is 0 Å². The number of aldehydes is 1. The Hall–Kier alpha value is 0.0300. The van der Waals surface area contributed by atoms with Crippen LogP contribution in [0.4, 0.5) is 4.39 Å². The van der Waals surface area contributed by atoms with Gasteiger partial charge in [0.1, 0.15) is 5.82 Å². The summed E-state index contributed by atoms with van der Waals surface area (Å²) in [4.78, 5) is 10.3. The van der Waals surface area contributed by atoms with E-state index in [-0.39, 0.29) is 5.82 Å². The smallest absolute Gasteiger partial charge is 0.151 e. The minimum absolute atomic E-state index is 0.319. The molecule has 0 aromatic heterocycles. The zero-order valence-corrected chi connectivity index (χ0v) is 9.02. The zero-order chi connectivity index (χ0) is 8.43. The maximum absolute atomic E-state index is 12.7. The Balaban J connectivity index is 3.31. The van der Waals surface area contributed by atoms with E-state index in [9.17, 15) is 9.18 Å². The number of halogens is 3. The lowest BCUT2D eigenvalue weighted by atomic mass is 10.2. The lowest BCUT2D eigenvalue weighted by molar-refractivity contribution is 0.112. The molecule has 0 N–H and O–H groups in total. The third-order valence-electron chi connectivity index (χ3n) is 1.17. The fourth-order valence-electron chi connectivity index (χ4n) is 0.628. The molecule has 0 saturated heterocycles. The monoisotopic (exact) mass is 328 g/mol. The Labute approximate surface area is 85.3 Å². The molecule has 0 radical (unpaired) electrons. The van der Waals surface area contributed by atoms with Gasteiger partial charge in [-0.1, -0.05) is 0 Å². The van der Waals surface area contributed by atoms with Crippen molar-refractivity contribution in [1.82, 2.24) is 0 Å². The van der Waals surface area contributed by atoms with Gasteiger partial charge >= 0.3 is 0 Å². The molecule has 0 aliphatic carbocycles. The van der Waals surface area contributed by atoms with Gasteiger partial charge in [-0.15, -0.1) is 0 Å². The number of hydrogen-bond acceptors (Lipinski definition) is 1. The maximum atomic E-state index is 12.7. The third kappa shape index (κ3) is 1.99. The van der Waals surface area contributed by atoms with Gasteiger partial charge < -0.3 is 0 Å². The van der Waals surface area contributed by atoms with Gasteiger partial charge in [-0.25, -0.2) is 4.39 Å². The molecule has 1 aromatic rings. The van der Waals surface area contributed by atoms with Crippen LogP contribution in [0.15, 0.2) is 16.6 Å². The Bertz CT molecular complexity index is 301. The Morgan fingerprint density at radius 2 is 2.18 bits per heavy atom. The van der Waals surface area contributed by atoms with E-state index in [1.165, 1.54) is 12.1 Å². The minimum atomic E-state index is -0.347. The highest BCUT2D eigenvalue weighted by Gasteiger charge is 2.04. The first-order valence-electron chi connectivity index (χ1n) is 2.75. The molecule has 0 saturated carbocycles. The predicted octanol–water partition coefficient (Wildman–Crippen LogP) is 3.01. The van der Waals surface area contributed by atoms with Crippen molar-refractivity contribution in [1.29, 1.82) is 0 Å². The van der Waals surface area contributed by atoms with Crippen LogP contribution < -0.4 is 0 Å². The van der Waals surface area contributed by atoms with Gasteiger partial charge in [0.05, 0.1) is 4.47 Å². The summed E-state index contributed by atoms with van der Waals surface area (Å²) in [6, 6.07) is 2.78. The number of rotatable bonds is 1. The van der Waals surface area contributed by atoms with Gasteiger partial charge in [0, 0.05) is 9.13 Å². The maximum Gasteiger partial charge on any atom is 0.151 e. The number of hydrogen-bond donors (Lipinski definition) is 0. The Morgan fingerprint density at radius 1 is 1.55 bits per heavy atom. The molecule has 0 aliphatic rings. The summed E-state index contributed by atoms with van der Waals surface area (Å²) in [5.74, 6) is -0.347. The van der Waals surface area contributed by atoms with E-state index >= 15 is 0 Å². The normalized spacial score (nSPS) is 9.73. The summed E-state index contributed by atoms with van der Waals surface area (Å²) >= 11 is 4.89. The first-order chi connectivity index (χ1) is 5.15. The highest BCUT2D eigenvalue weighted by atomic mass is 127. The van der Waals surface area contributed by atoms with Gasteiger partial charge in [-0.3, -0.25) is 4.79 Å². The molecule has 1 nitrogen and oxygen atoms in total. The van der Waals surface area contributed by atoms with E-state index in [1.807, 2.05) is 22.6 Å². The van der Waals surface area contributed by atoms with Crippen molar-refractivity contribution in [3.63, 3.8) is 0 Å². The first-order valence-corrected chi connectivity index (χ1v) is 4.62. The summed E-state index contributed by atoms with van der Waals surface area (Å²) in [6.45, 7) is 0. The standard InChI is InChI=1S/C7H3BrFIO/c8-5-1-4(3-11)7(10)2-6(5)9/h1-3H. The van der Waals surface area contributed by atoms with Gasteiger partial charge in [0.15, 0.2) is 6.29 Å². The predicted molar refractivity (Wildman–Crippen MR) is 52.2 cm³/mol. The van der Waals surface area contributed by atoms with Crippen LogP contribution in [-0.2, 0) is 0 Å². The van der Waals surface area contributed by atoms with E-state index in [2.05, 4.69) is 15.9 Å². The fourth-order valence-corrected chi connectivity index (χ4v) is 1.55. The molecule has 0 fully saturated rings. The SMILES string of the molecule is O=Cc1cc(Br)c(F)cc1I. The van der Waals surface area contributed by atoms with E-state index < -0.39 is 0 Å². The van der Waals surface area contributed by atoms with E-state index in [0.29, 0.717) is 19.9 Å². The van der Waals surface area contributed by atoms with Gasteiger partial charge in [-0.2, -0.15) is 0 Å². The number of benzene rings is 1.